The fraction of sp³-hybridized carbons (Fsp3) is 0.333. The smallest absolute Gasteiger partial charge is 0.338 e. The normalized spacial score (nSPS) is 17.0. The van der Waals surface area contributed by atoms with Gasteiger partial charge in [0.1, 0.15) is 12.4 Å². The summed E-state index contributed by atoms with van der Waals surface area (Å²) in [6.45, 7) is 0.878. The quantitative estimate of drug-likeness (QED) is 0.587. The SMILES string of the molecule is O=C(OCC1CC=CCC1)c1cccc(OCc2cscn2)c1. The van der Waals surface area contributed by atoms with Crippen molar-refractivity contribution in [3.05, 3.63) is 58.6 Å². The highest BCUT2D eigenvalue weighted by Crippen LogP contribution is 2.20. The lowest BCUT2D eigenvalue weighted by atomic mass is 9.95. The van der Waals surface area contributed by atoms with Crippen molar-refractivity contribution in [3.8, 4) is 5.75 Å². The maximum atomic E-state index is 12.2. The van der Waals surface area contributed by atoms with E-state index in [4.69, 9.17) is 9.47 Å². The number of allylic oxidation sites excluding steroid dienone is 2. The lowest BCUT2D eigenvalue weighted by Gasteiger charge is -2.17. The molecular formula is C18H19NO3S. The standard InChI is InChI=1S/C18H19NO3S/c20-18(22-10-14-5-2-1-3-6-14)15-7-4-8-17(9-15)21-11-16-12-23-13-19-16/h1-2,4,7-9,12-14H,3,5-6,10-11H2. The van der Waals surface area contributed by atoms with Gasteiger partial charge in [-0.05, 0) is 43.4 Å². The van der Waals surface area contributed by atoms with Crippen molar-refractivity contribution in [1.82, 2.24) is 4.98 Å². The maximum absolute atomic E-state index is 12.2. The van der Waals surface area contributed by atoms with Gasteiger partial charge in [0.05, 0.1) is 23.4 Å². The number of ether oxygens (including phenoxy) is 2. The first-order valence-corrected chi connectivity index (χ1v) is 8.67. The maximum Gasteiger partial charge on any atom is 0.338 e. The first-order chi connectivity index (χ1) is 11.3. The number of carbonyl (C=O) groups excluding carboxylic acids is 1. The van der Waals surface area contributed by atoms with E-state index in [2.05, 4.69) is 17.1 Å². The van der Waals surface area contributed by atoms with Crippen LogP contribution in [0.1, 0.15) is 35.3 Å². The Kier molecular flexibility index (Phi) is 5.42. The molecule has 5 heteroatoms. The minimum atomic E-state index is -0.293. The van der Waals surface area contributed by atoms with Gasteiger partial charge in [-0.1, -0.05) is 18.2 Å². The van der Waals surface area contributed by atoms with E-state index in [0.717, 1.165) is 25.0 Å². The minimum Gasteiger partial charge on any atom is -0.487 e. The number of hydrogen-bond acceptors (Lipinski definition) is 5. The number of benzene rings is 1. The third kappa shape index (κ3) is 4.66. The predicted molar refractivity (Wildman–Crippen MR) is 89.7 cm³/mol. The van der Waals surface area contributed by atoms with Crippen LogP contribution in [0.2, 0.25) is 0 Å². The van der Waals surface area contributed by atoms with Crippen LogP contribution in [0, 0.1) is 5.92 Å². The molecule has 120 valence electrons. The summed E-state index contributed by atoms with van der Waals surface area (Å²) in [6, 6.07) is 7.10. The van der Waals surface area contributed by atoms with Crippen molar-refractivity contribution >= 4 is 17.3 Å². The summed E-state index contributed by atoms with van der Waals surface area (Å²) in [5.41, 5.74) is 3.17. The number of carbonyl (C=O) groups is 1. The third-order valence-electron chi connectivity index (χ3n) is 3.77. The Hall–Kier alpha value is -2.14. The zero-order chi connectivity index (χ0) is 15.9. The van der Waals surface area contributed by atoms with Gasteiger partial charge in [0, 0.05) is 5.38 Å². The molecule has 1 aliphatic rings. The zero-order valence-corrected chi connectivity index (χ0v) is 13.6. The molecule has 0 saturated heterocycles. The molecule has 1 aromatic heterocycles. The van der Waals surface area contributed by atoms with E-state index in [-0.39, 0.29) is 5.97 Å². The molecule has 1 aliphatic carbocycles. The summed E-state index contributed by atoms with van der Waals surface area (Å²) in [5.74, 6) is 0.791. The van der Waals surface area contributed by atoms with Crippen LogP contribution in [0.5, 0.6) is 5.75 Å². The van der Waals surface area contributed by atoms with Crippen LogP contribution >= 0.6 is 11.3 Å². The van der Waals surface area contributed by atoms with Crippen LogP contribution in [0.25, 0.3) is 0 Å². The Morgan fingerprint density at radius 1 is 1.35 bits per heavy atom. The number of hydrogen-bond donors (Lipinski definition) is 0. The molecule has 0 N–H and O–H groups in total. The lowest BCUT2D eigenvalue weighted by Crippen LogP contribution is -2.15. The highest BCUT2D eigenvalue weighted by molar-refractivity contribution is 7.07. The molecule has 23 heavy (non-hydrogen) atoms. The Balaban J connectivity index is 1.53. The van der Waals surface area contributed by atoms with Crippen LogP contribution in [0.15, 0.2) is 47.3 Å². The van der Waals surface area contributed by atoms with Gasteiger partial charge in [-0.15, -0.1) is 11.3 Å². The topological polar surface area (TPSA) is 48.4 Å². The number of thiazole rings is 1. The van der Waals surface area contributed by atoms with Crippen molar-refractivity contribution in [2.75, 3.05) is 6.61 Å². The Labute approximate surface area is 139 Å². The molecule has 0 aliphatic heterocycles. The first-order valence-electron chi connectivity index (χ1n) is 7.73. The van der Waals surface area contributed by atoms with Crippen LogP contribution in [-0.2, 0) is 11.3 Å². The van der Waals surface area contributed by atoms with Crippen molar-refractivity contribution in [2.24, 2.45) is 5.92 Å². The highest BCUT2D eigenvalue weighted by atomic mass is 32.1. The highest BCUT2D eigenvalue weighted by Gasteiger charge is 2.14. The van der Waals surface area contributed by atoms with Crippen molar-refractivity contribution in [1.29, 1.82) is 0 Å². The Morgan fingerprint density at radius 2 is 2.30 bits per heavy atom. The summed E-state index contributed by atoms with van der Waals surface area (Å²) in [4.78, 5) is 16.3. The molecule has 4 nitrogen and oxygen atoms in total. The molecule has 0 bridgehead atoms. The largest absolute Gasteiger partial charge is 0.487 e. The van der Waals surface area contributed by atoms with Gasteiger partial charge in [0.25, 0.3) is 0 Å². The first kappa shape index (κ1) is 15.7. The van der Waals surface area contributed by atoms with Gasteiger partial charge in [-0.2, -0.15) is 0 Å². The fourth-order valence-electron chi connectivity index (χ4n) is 2.46. The van der Waals surface area contributed by atoms with Gasteiger partial charge in [0.2, 0.25) is 0 Å². The lowest BCUT2D eigenvalue weighted by molar-refractivity contribution is 0.0431. The van der Waals surface area contributed by atoms with Crippen LogP contribution < -0.4 is 4.74 Å². The second-order valence-electron chi connectivity index (χ2n) is 5.55. The van der Waals surface area contributed by atoms with E-state index < -0.39 is 0 Å². The van der Waals surface area contributed by atoms with E-state index in [1.165, 1.54) is 11.3 Å². The van der Waals surface area contributed by atoms with E-state index >= 15 is 0 Å². The summed E-state index contributed by atoms with van der Waals surface area (Å²) >= 11 is 1.53. The molecule has 0 spiro atoms. The molecule has 0 fully saturated rings. The number of esters is 1. The molecular weight excluding hydrogens is 310 g/mol. The summed E-state index contributed by atoms with van der Waals surface area (Å²) in [7, 11) is 0. The van der Waals surface area contributed by atoms with Gasteiger partial charge >= 0.3 is 5.97 Å². The third-order valence-corrected chi connectivity index (χ3v) is 4.40. The predicted octanol–water partition coefficient (Wildman–Crippen LogP) is 4.24. The van der Waals surface area contributed by atoms with Gasteiger partial charge in [-0.3, -0.25) is 0 Å². The van der Waals surface area contributed by atoms with Crippen molar-refractivity contribution < 1.29 is 14.3 Å². The van der Waals surface area contributed by atoms with Crippen molar-refractivity contribution in [3.63, 3.8) is 0 Å². The molecule has 3 rings (SSSR count). The molecule has 0 saturated carbocycles. The number of aromatic nitrogens is 1. The van der Waals surface area contributed by atoms with Gasteiger partial charge in [-0.25, -0.2) is 9.78 Å². The number of nitrogens with zero attached hydrogens (tertiary/aromatic N) is 1. The average Bonchev–Trinajstić information content (AvgIpc) is 3.12. The molecule has 1 atom stereocenters. The van der Waals surface area contributed by atoms with E-state index in [0.29, 0.717) is 30.4 Å². The minimum absolute atomic E-state index is 0.293. The Bertz CT molecular complexity index is 667. The summed E-state index contributed by atoms with van der Waals surface area (Å²) in [6.07, 6.45) is 7.49. The second kappa shape index (κ2) is 7.92. The number of rotatable bonds is 6. The second-order valence-corrected chi connectivity index (χ2v) is 6.26. The summed E-state index contributed by atoms with van der Waals surface area (Å²) < 4.78 is 11.1. The molecule has 0 radical (unpaired) electrons. The molecule has 2 aromatic rings. The molecule has 1 aromatic carbocycles. The molecule has 1 heterocycles. The van der Waals surface area contributed by atoms with E-state index in [9.17, 15) is 4.79 Å². The van der Waals surface area contributed by atoms with E-state index in [1.54, 1.807) is 23.7 Å². The monoisotopic (exact) mass is 329 g/mol. The fourth-order valence-corrected chi connectivity index (χ4v) is 3.01. The van der Waals surface area contributed by atoms with Gasteiger partial charge < -0.3 is 9.47 Å². The average molecular weight is 329 g/mol. The Morgan fingerprint density at radius 3 is 3.09 bits per heavy atom. The van der Waals surface area contributed by atoms with E-state index in [1.807, 2.05) is 11.4 Å². The summed E-state index contributed by atoms with van der Waals surface area (Å²) in [5, 5.41) is 1.94. The van der Waals surface area contributed by atoms with Crippen molar-refractivity contribution in [2.45, 2.75) is 25.9 Å². The molecule has 0 amide bonds. The van der Waals surface area contributed by atoms with Crippen LogP contribution in [0.4, 0.5) is 0 Å². The zero-order valence-electron chi connectivity index (χ0n) is 12.8. The van der Waals surface area contributed by atoms with Crippen LogP contribution in [-0.4, -0.2) is 17.6 Å². The van der Waals surface area contributed by atoms with Crippen LogP contribution in [0.3, 0.4) is 0 Å². The molecule has 1 unspecified atom stereocenters. The van der Waals surface area contributed by atoms with Gasteiger partial charge in [0.15, 0.2) is 0 Å².